The first kappa shape index (κ1) is 23.2. The van der Waals surface area contributed by atoms with E-state index in [2.05, 4.69) is 25.7 Å². The standard InChI is InChI=1S/C21H24N6O3.C2H6/c1-13-10-14(8-9-23-13)21-25-17(12-30-21)19(28)24-16-11-27(15-6-4-3-5-7-15)26-18(16)20(29)22-2;1-2/h8-12,15H,3-7H2,1-2H3,(H,22,29)(H,24,28);1-2H3. The number of amides is 2. The van der Waals surface area contributed by atoms with Crippen LogP contribution in [-0.2, 0) is 0 Å². The lowest BCUT2D eigenvalue weighted by molar-refractivity contribution is 0.0957. The first-order chi connectivity index (χ1) is 15.5. The van der Waals surface area contributed by atoms with Gasteiger partial charge in [0.1, 0.15) is 6.26 Å². The number of oxazole rings is 1. The zero-order valence-electron chi connectivity index (χ0n) is 19.0. The normalized spacial score (nSPS) is 13.8. The number of hydrogen-bond acceptors (Lipinski definition) is 6. The number of carbonyl (C=O) groups excluding carboxylic acids is 2. The minimum atomic E-state index is -0.468. The van der Waals surface area contributed by atoms with Crippen LogP contribution in [0.5, 0.6) is 0 Å². The molecule has 32 heavy (non-hydrogen) atoms. The van der Waals surface area contributed by atoms with Crippen molar-refractivity contribution < 1.29 is 14.0 Å². The largest absolute Gasteiger partial charge is 0.444 e. The molecular formula is C23H30N6O3. The summed E-state index contributed by atoms with van der Waals surface area (Å²) in [6.45, 7) is 5.87. The number of carbonyl (C=O) groups is 2. The van der Waals surface area contributed by atoms with Gasteiger partial charge in [0.15, 0.2) is 11.4 Å². The van der Waals surface area contributed by atoms with Crippen molar-refractivity contribution in [2.24, 2.45) is 0 Å². The second kappa shape index (κ2) is 10.7. The Morgan fingerprint density at radius 3 is 2.59 bits per heavy atom. The van der Waals surface area contributed by atoms with Crippen LogP contribution in [0.15, 0.2) is 35.2 Å². The van der Waals surface area contributed by atoms with E-state index in [0.717, 1.165) is 36.9 Å². The Morgan fingerprint density at radius 2 is 1.91 bits per heavy atom. The Morgan fingerprint density at radius 1 is 1.16 bits per heavy atom. The van der Waals surface area contributed by atoms with E-state index in [1.807, 2.05) is 26.8 Å². The number of aromatic nitrogens is 4. The van der Waals surface area contributed by atoms with E-state index in [1.54, 1.807) is 23.1 Å². The number of aryl methyl sites for hydroxylation is 1. The van der Waals surface area contributed by atoms with Crippen LogP contribution in [0.3, 0.4) is 0 Å². The molecule has 0 unspecified atom stereocenters. The number of nitrogens with zero attached hydrogens (tertiary/aromatic N) is 4. The highest BCUT2D eigenvalue weighted by molar-refractivity contribution is 6.07. The molecule has 0 spiro atoms. The zero-order valence-corrected chi connectivity index (χ0v) is 19.0. The first-order valence-electron chi connectivity index (χ1n) is 11.1. The van der Waals surface area contributed by atoms with Crippen LogP contribution in [0.1, 0.15) is 78.7 Å². The summed E-state index contributed by atoms with van der Waals surface area (Å²) in [5, 5.41) is 9.79. The maximum atomic E-state index is 12.8. The lowest BCUT2D eigenvalue weighted by atomic mass is 9.96. The monoisotopic (exact) mass is 438 g/mol. The van der Waals surface area contributed by atoms with Gasteiger partial charge in [-0.25, -0.2) is 4.98 Å². The molecule has 2 N–H and O–H groups in total. The third-order valence-electron chi connectivity index (χ3n) is 5.25. The predicted octanol–water partition coefficient (Wildman–Crippen LogP) is 4.38. The van der Waals surface area contributed by atoms with Crippen molar-refractivity contribution in [2.45, 2.75) is 58.9 Å². The highest BCUT2D eigenvalue weighted by Gasteiger charge is 2.24. The predicted molar refractivity (Wildman–Crippen MR) is 122 cm³/mol. The Hall–Kier alpha value is -3.49. The molecule has 1 fully saturated rings. The van der Waals surface area contributed by atoms with Gasteiger partial charge in [-0.3, -0.25) is 19.3 Å². The summed E-state index contributed by atoms with van der Waals surface area (Å²) in [5.74, 6) is -0.493. The lowest BCUT2D eigenvalue weighted by Gasteiger charge is -2.21. The maximum absolute atomic E-state index is 12.8. The van der Waals surface area contributed by atoms with Gasteiger partial charge in [-0.1, -0.05) is 33.1 Å². The van der Waals surface area contributed by atoms with Gasteiger partial charge in [0.25, 0.3) is 11.8 Å². The fraction of sp³-hybridized carbons (Fsp3) is 0.435. The molecule has 2 amide bonds. The van der Waals surface area contributed by atoms with E-state index >= 15 is 0 Å². The molecular weight excluding hydrogens is 408 g/mol. The quantitative estimate of drug-likeness (QED) is 0.611. The van der Waals surface area contributed by atoms with Gasteiger partial charge >= 0.3 is 0 Å². The smallest absolute Gasteiger partial charge is 0.277 e. The van der Waals surface area contributed by atoms with Crippen LogP contribution < -0.4 is 10.6 Å². The molecule has 0 aromatic carbocycles. The summed E-state index contributed by atoms with van der Waals surface area (Å²) in [6.07, 6.45) is 10.2. The second-order valence-electron chi connectivity index (χ2n) is 7.42. The number of pyridine rings is 1. The van der Waals surface area contributed by atoms with Crippen molar-refractivity contribution in [3.63, 3.8) is 0 Å². The van der Waals surface area contributed by atoms with Crippen LogP contribution in [0.4, 0.5) is 5.69 Å². The van der Waals surface area contributed by atoms with Crippen LogP contribution >= 0.6 is 0 Å². The Balaban J connectivity index is 0.00000141. The minimum Gasteiger partial charge on any atom is -0.444 e. The van der Waals surface area contributed by atoms with Gasteiger partial charge in [-0.15, -0.1) is 0 Å². The van der Waals surface area contributed by atoms with Crippen molar-refractivity contribution in [2.75, 3.05) is 12.4 Å². The number of nitrogens with one attached hydrogen (secondary N) is 2. The molecule has 1 aliphatic carbocycles. The van der Waals surface area contributed by atoms with Crippen LogP contribution in [-0.4, -0.2) is 38.6 Å². The summed E-state index contributed by atoms with van der Waals surface area (Å²) >= 11 is 0. The molecule has 0 atom stereocenters. The third-order valence-corrected chi connectivity index (χ3v) is 5.25. The Kier molecular flexibility index (Phi) is 7.75. The molecule has 4 rings (SSSR count). The topological polar surface area (TPSA) is 115 Å². The van der Waals surface area contributed by atoms with Crippen molar-refractivity contribution >= 4 is 17.5 Å². The van der Waals surface area contributed by atoms with Gasteiger partial charge in [0, 0.05) is 30.7 Å². The Labute approximate surface area is 187 Å². The molecule has 3 aromatic rings. The van der Waals surface area contributed by atoms with Crippen molar-refractivity contribution in [3.05, 3.63) is 47.9 Å². The molecule has 9 heteroatoms. The number of hydrogen-bond donors (Lipinski definition) is 2. The van der Waals surface area contributed by atoms with E-state index in [0.29, 0.717) is 11.6 Å². The highest BCUT2D eigenvalue weighted by Crippen LogP contribution is 2.29. The summed E-state index contributed by atoms with van der Waals surface area (Å²) in [7, 11) is 1.54. The minimum absolute atomic E-state index is 0.118. The fourth-order valence-electron chi connectivity index (χ4n) is 3.68. The summed E-state index contributed by atoms with van der Waals surface area (Å²) < 4.78 is 7.26. The number of anilines is 1. The molecule has 9 nitrogen and oxygen atoms in total. The molecule has 3 heterocycles. The molecule has 0 aliphatic heterocycles. The highest BCUT2D eigenvalue weighted by atomic mass is 16.3. The SMILES string of the molecule is CC.CNC(=O)c1nn(C2CCCCC2)cc1NC(=O)c1coc(-c2ccnc(C)c2)n1. The zero-order chi connectivity index (χ0) is 23.1. The van der Waals surface area contributed by atoms with Crippen LogP contribution in [0, 0.1) is 6.92 Å². The summed E-state index contributed by atoms with van der Waals surface area (Å²) in [5.41, 5.74) is 2.21. The first-order valence-corrected chi connectivity index (χ1v) is 11.1. The molecule has 0 radical (unpaired) electrons. The maximum Gasteiger partial charge on any atom is 0.277 e. The van der Waals surface area contributed by atoms with E-state index in [9.17, 15) is 9.59 Å². The van der Waals surface area contributed by atoms with Crippen molar-refractivity contribution in [1.82, 2.24) is 25.1 Å². The number of rotatable bonds is 5. The van der Waals surface area contributed by atoms with Gasteiger partial charge < -0.3 is 15.1 Å². The third kappa shape index (κ3) is 5.22. The van der Waals surface area contributed by atoms with Gasteiger partial charge in [-0.2, -0.15) is 5.10 Å². The summed E-state index contributed by atoms with van der Waals surface area (Å²) in [6, 6.07) is 3.82. The molecule has 3 aromatic heterocycles. The molecule has 1 saturated carbocycles. The van der Waals surface area contributed by atoms with E-state index in [1.165, 1.54) is 19.7 Å². The van der Waals surface area contributed by atoms with Crippen molar-refractivity contribution in [3.8, 4) is 11.5 Å². The van der Waals surface area contributed by atoms with Gasteiger partial charge in [0.05, 0.1) is 11.7 Å². The molecule has 1 aliphatic rings. The van der Waals surface area contributed by atoms with Gasteiger partial charge in [0.2, 0.25) is 5.89 Å². The summed E-state index contributed by atoms with van der Waals surface area (Å²) in [4.78, 5) is 33.5. The second-order valence-corrected chi connectivity index (χ2v) is 7.42. The van der Waals surface area contributed by atoms with E-state index in [-0.39, 0.29) is 23.3 Å². The lowest BCUT2D eigenvalue weighted by Crippen LogP contribution is -2.22. The molecule has 0 bridgehead atoms. The molecule has 170 valence electrons. The van der Waals surface area contributed by atoms with Gasteiger partial charge in [-0.05, 0) is 31.9 Å². The van der Waals surface area contributed by atoms with E-state index < -0.39 is 5.91 Å². The fourth-order valence-corrected chi connectivity index (χ4v) is 3.68. The Bertz CT molecular complexity index is 1070. The van der Waals surface area contributed by atoms with Crippen molar-refractivity contribution in [1.29, 1.82) is 0 Å². The van der Waals surface area contributed by atoms with Crippen LogP contribution in [0.2, 0.25) is 0 Å². The average molecular weight is 439 g/mol. The van der Waals surface area contributed by atoms with Crippen LogP contribution in [0.25, 0.3) is 11.5 Å². The van der Waals surface area contributed by atoms with E-state index in [4.69, 9.17) is 4.42 Å². The average Bonchev–Trinajstić information content (AvgIpc) is 3.48. The molecule has 0 saturated heterocycles.